The second-order valence-electron chi connectivity index (χ2n) is 13.6. The molecule has 0 heterocycles. The maximum Gasteiger partial charge on any atom is 0.297 e. The molecule has 5 aliphatic carbocycles. The van der Waals surface area contributed by atoms with Gasteiger partial charge in [-0.1, -0.05) is 56.0 Å². The Bertz CT molecular complexity index is 1220. The Kier molecular flexibility index (Phi) is 6.12. The molecule has 8 atom stereocenters. The zero-order valence-corrected chi connectivity index (χ0v) is 23.9. The van der Waals surface area contributed by atoms with Gasteiger partial charge in [-0.2, -0.15) is 8.42 Å². The molecular weight excluding hydrogens is 480 g/mol. The van der Waals surface area contributed by atoms with Crippen molar-refractivity contribution in [2.75, 3.05) is 0 Å². The minimum atomic E-state index is -3.76. The molecule has 202 valence electrons. The van der Waals surface area contributed by atoms with E-state index in [9.17, 15) is 13.2 Å². The van der Waals surface area contributed by atoms with Crippen LogP contribution in [-0.2, 0) is 19.1 Å². The first-order chi connectivity index (χ1) is 17.5. The highest BCUT2D eigenvalue weighted by Gasteiger charge is 2.68. The van der Waals surface area contributed by atoms with Crippen molar-refractivity contribution in [2.45, 2.75) is 109 Å². The predicted molar refractivity (Wildman–Crippen MR) is 145 cm³/mol. The van der Waals surface area contributed by atoms with Gasteiger partial charge in [-0.3, -0.25) is 8.98 Å². The molecule has 37 heavy (non-hydrogen) atoms. The van der Waals surface area contributed by atoms with E-state index in [1.807, 2.05) is 26.0 Å². The maximum absolute atomic E-state index is 13.3. The Morgan fingerprint density at radius 1 is 0.973 bits per heavy atom. The molecule has 0 aromatic heterocycles. The molecule has 6 rings (SSSR count). The highest BCUT2D eigenvalue weighted by molar-refractivity contribution is 7.86. The van der Waals surface area contributed by atoms with Crippen molar-refractivity contribution in [1.29, 1.82) is 0 Å². The Labute approximate surface area is 223 Å². The summed E-state index contributed by atoms with van der Waals surface area (Å²) in [6.07, 6.45) is 14.2. The number of Topliss-reactive ketones (excluding diaryl/α,β-unsaturated/α-hetero) is 1. The summed E-state index contributed by atoms with van der Waals surface area (Å²) in [5.41, 5.74) is 2.61. The summed E-state index contributed by atoms with van der Waals surface area (Å²) >= 11 is 0. The van der Waals surface area contributed by atoms with Crippen LogP contribution in [0.3, 0.4) is 0 Å². The minimum Gasteiger partial charge on any atom is -0.299 e. The van der Waals surface area contributed by atoms with E-state index in [1.54, 1.807) is 12.1 Å². The topological polar surface area (TPSA) is 60.4 Å². The van der Waals surface area contributed by atoms with E-state index in [2.05, 4.69) is 19.9 Å². The summed E-state index contributed by atoms with van der Waals surface area (Å²) in [7, 11) is -3.76. The lowest BCUT2D eigenvalue weighted by molar-refractivity contribution is -0.147. The van der Waals surface area contributed by atoms with Gasteiger partial charge in [-0.15, -0.1) is 0 Å². The van der Waals surface area contributed by atoms with Crippen LogP contribution in [0, 0.1) is 46.8 Å². The molecule has 0 aliphatic heterocycles. The average molecular weight is 525 g/mol. The molecule has 4 fully saturated rings. The Hall–Kier alpha value is -1.46. The van der Waals surface area contributed by atoms with Crippen molar-refractivity contribution in [3.63, 3.8) is 0 Å². The summed E-state index contributed by atoms with van der Waals surface area (Å²) in [6.45, 7) is 8.79. The SMILES string of the molecule is CC(=O)C12CCCCC1CC1C3CC=C4CC(OS(=O)(=O)c5ccc(C)cc5)CCC4(C)C3CCC12C. The fourth-order valence-corrected chi connectivity index (χ4v) is 11.5. The van der Waals surface area contributed by atoms with Crippen LogP contribution >= 0.6 is 0 Å². The summed E-state index contributed by atoms with van der Waals surface area (Å²) in [5, 5.41) is 0. The van der Waals surface area contributed by atoms with Crippen LogP contribution in [0.5, 0.6) is 0 Å². The van der Waals surface area contributed by atoms with E-state index in [0.717, 1.165) is 31.2 Å². The van der Waals surface area contributed by atoms with Gasteiger partial charge >= 0.3 is 0 Å². The molecule has 8 unspecified atom stereocenters. The number of hydrogen-bond acceptors (Lipinski definition) is 4. The maximum atomic E-state index is 13.3. The number of rotatable bonds is 4. The van der Waals surface area contributed by atoms with Crippen LogP contribution in [0.1, 0.15) is 97.0 Å². The van der Waals surface area contributed by atoms with E-state index >= 15 is 0 Å². The number of benzene rings is 1. The fourth-order valence-electron chi connectivity index (χ4n) is 10.4. The second kappa shape index (κ2) is 8.78. The summed E-state index contributed by atoms with van der Waals surface area (Å²) in [6, 6.07) is 6.94. The summed E-state index contributed by atoms with van der Waals surface area (Å²) < 4.78 is 31.8. The smallest absolute Gasteiger partial charge is 0.297 e. The third-order valence-electron chi connectivity index (χ3n) is 12.3. The van der Waals surface area contributed by atoms with Gasteiger partial charge in [0.1, 0.15) is 5.78 Å². The highest BCUT2D eigenvalue weighted by atomic mass is 32.2. The van der Waals surface area contributed by atoms with E-state index < -0.39 is 10.1 Å². The van der Waals surface area contributed by atoms with E-state index in [1.165, 1.54) is 44.1 Å². The molecule has 4 nitrogen and oxygen atoms in total. The van der Waals surface area contributed by atoms with Crippen LogP contribution in [0.4, 0.5) is 0 Å². The zero-order valence-electron chi connectivity index (χ0n) is 23.1. The standard InChI is InChI=1S/C32H44O4S/c1-21-8-11-26(12-9-21)37(34,35)36-25-14-17-30(3)23(19-25)10-13-27-28(30)15-18-31(4)29(27)20-24-7-5-6-16-32(24,31)22(2)33/h8-12,24-25,27-29H,5-7,13-20H2,1-4H3. The largest absolute Gasteiger partial charge is 0.299 e. The lowest BCUT2D eigenvalue weighted by atomic mass is 9.44. The van der Waals surface area contributed by atoms with Crippen LogP contribution in [-0.4, -0.2) is 20.3 Å². The molecule has 5 heteroatoms. The zero-order chi connectivity index (χ0) is 26.2. The first kappa shape index (κ1) is 25.8. The number of carbonyl (C=O) groups is 1. The number of ketones is 1. The molecule has 0 N–H and O–H groups in total. The molecule has 1 aromatic rings. The third kappa shape index (κ3) is 3.69. The predicted octanol–water partition coefficient (Wildman–Crippen LogP) is 7.41. The molecule has 0 amide bonds. The molecule has 0 spiro atoms. The first-order valence-corrected chi connectivity index (χ1v) is 16.1. The van der Waals surface area contributed by atoms with Crippen molar-refractivity contribution in [2.24, 2.45) is 39.9 Å². The molecule has 4 saturated carbocycles. The fraction of sp³-hybridized carbons (Fsp3) is 0.719. The van der Waals surface area contributed by atoms with Crippen LogP contribution < -0.4 is 0 Å². The van der Waals surface area contributed by atoms with Gasteiger partial charge in [0, 0.05) is 5.41 Å². The van der Waals surface area contributed by atoms with Crippen molar-refractivity contribution in [1.82, 2.24) is 0 Å². The van der Waals surface area contributed by atoms with Crippen molar-refractivity contribution >= 4 is 15.9 Å². The van der Waals surface area contributed by atoms with Gasteiger partial charge in [0.2, 0.25) is 0 Å². The lowest BCUT2D eigenvalue weighted by Gasteiger charge is -2.60. The van der Waals surface area contributed by atoms with Gasteiger partial charge < -0.3 is 0 Å². The molecule has 0 radical (unpaired) electrons. The number of allylic oxidation sites excluding steroid dienone is 1. The second-order valence-corrected chi connectivity index (χ2v) is 15.2. The Balaban J connectivity index is 1.24. The van der Waals surface area contributed by atoms with E-state index in [-0.39, 0.29) is 27.2 Å². The quantitative estimate of drug-likeness (QED) is 0.304. The number of carbonyl (C=O) groups excluding carboxylic acids is 1. The van der Waals surface area contributed by atoms with Crippen LogP contribution in [0.25, 0.3) is 0 Å². The molecule has 0 bridgehead atoms. The normalized spacial score (nSPS) is 43.1. The van der Waals surface area contributed by atoms with E-state index in [0.29, 0.717) is 35.9 Å². The Morgan fingerprint density at radius 2 is 1.73 bits per heavy atom. The molecule has 1 aromatic carbocycles. The third-order valence-corrected chi connectivity index (χ3v) is 13.7. The molecule has 0 saturated heterocycles. The van der Waals surface area contributed by atoms with Crippen LogP contribution in [0.2, 0.25) is 0 Å². The molecule has 5 aliphatic rings. The van der Waals surface area contributed by atoms with Gasteiger partial charge in [-0.25, -0.2) is 0 Å². The summed E-state index contributed by atoms with van der Waals surface area (Å²) in [5.74, 6) is 2.93. The van der Waals surface area contributed by atoms with Crippen LogP contribution in [0.15, 0.2) is 40.8 Å². The summed E-state index contributed by atoms with van der Waals surface area (Å²) in [4.78, 5) is 13.6. The van der Waals surface area contributed by atoms with Gasteiger partial charge in [-0.05, 0) is 118 Å². The lowest BCUT2D eigenvalue weighted by Crippen LogP contribution is -2.55. The van der Waals surface area contributed by atoms with Crippen molar-refractivity contribution in [3.05, 3.63) is 41.5 Å². The van der Waals surface area contributed by atoms with Gasteiger partial charge in [0.05, 0.1) is 11.0 Å². The first-order valence-electron chi connectivity index (χ1n) is 14.7. The number of hydrogen-bond donors (Lipinski definition) is 0. The van der Waals surface area contributed by atoms with Gasteiger partial charge in [0.25, 0.3) is 10.1 Å². The number of fused-ring (bicyclic) bond motifs is 7. The van der Waals surface area contributed by atoms with Crippen molar-refractivity contribution in [3.8, 4) is 0 Å². The molecular formula is C32H44O4S. The average Bonchev–Trinajstić information content (AvgIpc) is 3.14. The van der Waals surface area contributed by atoms with Crippen molar-refractivity contribution < 1.29 is 17.4 Å². The monoisotopic (exact) mass is 524 g/mol. The van der Waals surface area contributed by atoms with Gasteiger partial charge in [0.15, 0.2) is 0 Å². The van der Waals surface area contributed by atoms with E-state index in [4.69, 9.17) is 4.18 Å². The Morgan fingerprint density at radius 3 is 2.46 bits per heavy atom. The minimum absolute atomic E-state index is 0.0956. The number of aryl methyl sites for hydroxylation is 1. The highest BCUT2D eigenvalue weighted by Crippen LogP contribution is 2.73.